The van der Waals surface area contributed by atoms with Gasteiger partial charge in [0, 0.05) is 30.4 Å². The Morgan fingerprint density at radius 2 is 1.81 bits per heavy atom. The third-order valence-electron chi connectivity index (χ3n) is 3.91. The van der Waals surface area contributed by atoms with Gasteiger partial charge in [-0.25, -0.2) is 13.2 Å². The van der Waals surface area contributed by atoms with E-state index >= 15 is 0 Å². The quantitative estimate of drug-likeness (QED) is 0.810. The van der Waals surface area contributed by atoms with Crippen molar-refractivity contribution in [3.8, 4) is 0 Å². The highest BCUT2D eigenvalue weighted by molar-refractivity contribution is 7.92. The summed E-state index contributed by atoms with van der Waals surface area (Å²) in [6.45, 7) is 6.49. The number of carbonyl (C=O) groups excluding carboxylic acids is 2. The molecule has 0 unspecified atom stereocenters. The summed E-state index contributed by atoms with van der Waals surface area (Å²) >= 11 is 0. The average Bonchev–Trinajstić information content (AvgIpc) is 2.52. The second-order valence-electron chi connectivity index (χ2n) is 7.67. The van der Waals surface area contributed by atoms with Crippen molar-refractivity contribution in [1.29, 1.82) is 0 Å². The predicted molar refractivity (Wildman–Crippen MR) is 103 cm³/mol. The predicted octanol–water partition coefficient (Wildman–Crippen LogP) is 2.19. The van der Waals surface area contributed by atoms with Crippen molar-refractivity contribution < 1.29 is 22.7 Å². The Morgan fingerprint density at radius 1 is 1.19 bits per heavy atom. The molecule has 0 bridgehead atoms. The molecule has 1 aromatic carbocycles. The van der Waals surface area contributed by atoms with Gasteiger partial charge in [-0.3, -0.25) is 9.52 Å². The fraction of sp³-hybridized carbons (Fsp3) is 0.556. The van der Waals surface area contributed by atoms with E-state index in [-0.39, 0.29) is 18.0 Å². The van der Waals surface area contributed by atoms with Crippen LogP contribution in [-0.4, -0.2) is 56.3 Å². The molecule has 1 aliphatic heterocycles. The van der Waals surface area contributed by atoms with Gasteiger partial charge in [0.15, 0.2) is 0 Å². The average molecular weight is 397 g/mol. The number of nitrogens with one attached hydrogen (secondary N) is 2. The Bertz CT molecular complexity index is 793. The van der Waals surface area contributed by atoms with Crippen LogP contribution in [0.25, 0.3) is 0 Å². The first kappa shape index (κ1) is 21.0. The summed E-state index contributed by atoms with van der Waals surface area (Å²) in [5, 5.41) is 2.94. The topological polar surface area (TPSA) is 105 Å². The van der Waals surface area contributed by atoms with Crippen molar-refractivity contribution in [3.63, 3.8) is 0 Å². The third-order valence-corrected chi connectivity index (χ3v) is 4.52. The first-order chi connectivity index (χ1) is 12.4. The molecule has 1 aromatic rings. The van der Waals surface area contributed by atoms with E-state index in [4.69, 9.17) is 4.74 Å². The van der Waals surface area contributed by atoms with Gasteiger partial charge in [0.2, 0.25) is 10.0 Å². The standard InChI is InChI=1S/C18H27N3O5S/c1-18(2,3)26-17(23)21-10-8-14(9-11-21)19-16(22)13-6-5-7-15(12-13)20-27(4,24)25/h5-7,12,14,20H,8-11H2,1-4H3,(H,19,22). The molecule has 27 heavy (non-hydrogen) atoms. The van der Waals surface area contributed by atoms with E-state index in [9.17, 15) is 18.0 Å². The number of sulfonamides is 1. The molecule has 0 saturated carbocycles. The Balaban J connectivity index is 1.89. The number of amides is 2. The van der Waals surface area contributed by atoms with Gasteiger partial charge >= 0.3 is 6.09 Å². The molecule has 0 atom stereocenters. The summed E-state index contributed by atoms with van der Waals surface area (Å²) in [5.41, 5.74) is 0.177. The van der Waals surface area contributed by atoms with Gasteiger partial charge in [0.25, 0.3) is 5.91 Å². The van der Waals surface area contributed by atoms with Crippen LogP contribution in [0, 0.1) is 0 Å². The van der Waals surface area contributed by atoms with E-state index in [1.54, 1.807) is 23.1 Å². The van der Waals surface area contributed by atoms with Crippen LogP contribution in [0.15, 0.2) is 24.3 Å². The van der Waals surface area contributed by atoms with Crippen LogP contribution < -0.4 is 10.0 Å². The first-order valence-corrected chi connectivity index (χ1v) is 10.7. The van der Waals surface area contributed by atoms with E-state index in [1.807, 2.05) is 20.8 Å². The van der Waals surface area contributed by atoms with Crippen molar-refractivity contribution >= 4 is 27.7 Å². The molecule has 1 heterocycles. The van der Waals surface area contributed by atoms with Gasteiger partial charge in [0.05, 0.1) is 6.26 Å². The van der Waals surface area contributed by atoms with Crippen LogP contribution in [0.4, 0.5) is 10.5 Å². The zero-order chi connectivity index (χ0) is 20.2. The summed E-state index contributed by atoms with van der Waals surface area (Å²) in [7, 11) is -3.41. The van der Waals surface area contributed by atoms with Crippen molar-refractivity contribution in [2.45, 2.75) is 45.3 Å². The molecule has 1 fully saturated rings. The molecular formula is C18H27N3O5S. The van der Waals surface area contributed by atoms with Crippen LogP contribution in [-0.2, 0) is 14.8 Å². The molecule has 2 amide bonds. The van der Waals surface area contributed by atoms with Crippen LogP contribution in [0.1, 0.15) is 44.0 Å². The molecule has 9 heteroatoms. The molecule has 0 radical (unpaired) electrons. The number of benzene rings is 1. The molecule has 150 valence electrons. The smallest absolute Gasteiger partial charge is 0.410 e. The minimum Gasteiger partial charge on any atom is -0.444 e. The number of anilines is 1. The van der Waals surface area contributed by atoms with Crippen molar-refractivity contribution in [2.75, 3.05) is 24.1 Å². The van der Waals surface area contributed by atoms with E-state index < -0.39 is 15.6 Å². The van der Waals surface area contributed by atoms with Gasteiger partial charge in [-0.15, -0.1) is 0 Å². The van der Waals surface area contributed by atoms with Crippen LogP contribution in [0.2, 0.25) is 0 Å². The monoisotopic (exact) mass is 397 g/mol. The molecule has 2 N–H and O–H groups in total. The Kier molecular flexibility index (Phi) is 6.35. The summed E-state index contributed by atoms with van der Waals surface area (Å²) in [4.78, 5) is 26.2. The molecule has 0 aromatic heterocycles. The summed E-state index contributed by atoms with van der Waals surface area (Å²) < 4.78 is 30.3. The van der Waals surface area contributed by atoms with Gasteiger partial charge in [0.1, 0.15) is 5.60 Å². The number of hydrogen-bond acceptors (Lipinski definition) is 5. The van der Waals surface area contributed by atoms with Gasteiger partial charge in [-0.1, -0.05) is 6.07 Å². The Labute approximate surface area is 160 Å². The largest absolute Gasteiger partial charge is 0.444 e. The molecule has 2 rings (SSSR count). The van der Waals surface area contributed by atoms with Crippen LogP contribution in [0.3, 0.4) is 0 Å². The minimum absolute atomic E-state index is 0.0530. The molecule has 0 aliphatic carbocycles. The minimum atomic E-state index is -3.41. The zero-order valence-electron chi connectivity index (χ0n) is 16.1. The zero-order valence-corrected chi connectivity index (χ0v) is 16.9. The van der Waals surface area contributed by atoms with Crippen molar-refractivity contribution in [3.05, 3.63) is 29.8 Å². The van der Waals surface area contributed by atoms with Gasteiger partial charge < -0.3 is 15.0 Å². The second kappa shape index (κ2) is 8.16. The molecule has 8 nitrogen and oxygen atoms in total. The number of ether oxygens (including phenoxy) is 1. The highest BCUT2D eigenvalue weighted by atomic mass is 32.2. The van der Waals surface area contributed by atoms with E-state index in [1.165, 1.54) is 6.07 Å². The highest BCUT2D eigenvalue weighted by Crippen LogP contribution is 2.17. The molecule has 0 spiro atoms. The first-order valence-electron chi connectivity index (χ1n) is 8.79. The Hall–Kier alpha value is -2.29. The SMILES string of the molecule is CC(C)(C)OC(=O)N1CCC(NC(=O)c2cccc(NS(C)(=O)=O)c2)CC1. The van der Waals surface area contributed by atoms with Crippen molar-refractivity contribution in [2.24, 2.45) is 0 Å². The second-order valence-corrected chi connectivity index (χ2v) is 9.42. The summed E-state index contributed by atoms with van der Waals surface area (Å²) in [5.74, 6) is -0.275. The molecule has 1 aliphatic rings. The number of likely N-dealkylation sites (tertiary alicyclic amines) is 1. The Morgan fingerprint density at radius 3 is 2.37 bits per heavy atom. The number of rotatable bonds is 4. The van der Waals surface area contributed by atoms with E-state index in [0.717, 1.165) is 6.26 Å². The lowest BCUT2D eigenvalue weighted by atomic mass is 10.0. The molecule has 1 saturated heterocycles. The van der Waals surface area contributed by atoms with Crippen LogP contribution >= 0.6 is 0 Å². The van der Waals surface area contributed by atoms with Crippen molar-refractivity contribution in [1.82, 2.24) is 10.2 Å². The van der Waals surface area contributed by atoms with E-state index in [2.05, 4.69) is 10.0 Å². The van der Waals surface area contributed by atoms with Gasteiger partial charge in [-0.2, -0.15) is 0 Å². The third kappa shape index (κ3) is 7.09. The van der Waals surface area contributed by atoms with E-state index in [0.29, 0.717) is 37.2 Å². The number of nitrogens with zero attached hydrogens (tertiary/aromatic N) is 1. The van der Waals surface area contributed by atoms with Gasteiger partial charge in [-0.05, 0) is 51.8 Å². The fourth-order valence-electron chi connectivity index (χ4n) is 2.74. The lowest BCUT2D eigenvalue weighted by molar-refractivity contribution is 0.0199. The lowest BCUT2D eigenvalue weighted by Gasteiger charge is -2.33. The summed E-state index contributed by atoms with van der Waals surface area (Å²) in [6.07, 6.45) is 1.98. The number of carbonyl (C=O) groups is 2. The fourth-order valence-corrected chi connectivity index (χ4v) is 3.29. The number of hydrogen-bond donors (Lipinski definition) is 2. The maximum Gasteiger partial charge on any atom is 0.410 e. The number of piperidine rings is 1. The normalized spacial score (nSPS) is 15.9. The lowest BCUT2D eigenvalue weighted by Crippen LogP contribution is -2.47. The highest BCUT2D eigenvalue weighted by Gasteiger charge is 2.27. The maximum absolute atomic E-state index is 12.4. The maximum atomic E-state index is 12.4. The summed E-state index contributed by atoms with van der Waals surface area (Å²) in [6, 6.07) is 6.26. The molecular weight excluding hydrogens is 370 g/mol. The van der Waals surface area contributed by atoms with Crippen LogP contribution in [0.5, 0.6) is 0 Å².